The van der Waals surface area contributed by atoms with Gasteiger partial charge in [-0.1, -0.05) is 6.07 Å². The monoisotopic (exact) mass is 618 g/mol. The van der Waals surface area contributed by atoms with Crippen molar-refractivity contribution in [1.82, 2.24) is 15.1 Å². The molecule has 234 valence electrons. The number of aromatic nitrogens is 2. The van der Waals surface area contributed by atoms with Crippen LogP contribution in [-0.2, 0) is 37.3 Å². The Kier molecular flexibility index (Phi) is 9.16. The number of sulfonamides is 1. The second-order valence-electron chi connectivity index (χ2n) is 11.2. The van der Waals surface area contributed by atoms with Crippen molar-refractivity contribution in [3.05, 3.63) is 29.5 Å². The normalized spacial score (nSPS) is 16.0. The van der Waals surface area contributed by atoms with Crippen molar-refractivity contribution >= 4 is 27.6 Å². The number of esters is 1. The topological polar surface area (TPSA) is 129 Å². The first-order valence-electron chi connectivity index (χ1n) is 13.2. The SMILES string of the molecule is CCn1nc(OC)c(S(=O)(=O)N2C[C@H](CC(C)(C)NC(C)=O)Oc3ccc(CC(=O)OC(C)(C)C(F)(F)F)cc32)c1C. The highest BCUT2D eigenvalue weighted by atomic mass is 32.2. The second kappa shape index (κ2) is 11.7. The van der Waals surface area contributed by atoms with Crippen molar-refractivity contribution < 1.29 is 45.4 Å². The van der Waals surface area contributed by atoms with Crippen molar-refractivity contribution in [3.8, 4) is 11.6 Å². The summed E-state index contributed by atoms with van der Waals surface area (Å²) in [6.45, 7) is 10.0. The van der Waals surface area contributed by atoms with Crippen LogP contribution in [0.15, 0.2) is 23.1 Å². The molecular formula is C27H37F3N4O7S. The van der Waals surface area contributed by atoms with E-state index < -0.39 is 45.8 Å². The number of carbonyl (C=O) groups excluding carboxylic acids is 2. The van der Waals surface area contributed by atoms with Gasteiger partial charge in [0.05, 0.1) is 31.5 Å². The van der Waals surface area contributed by atoms with Crippen LogP contribution in [0.2, 0.25) is 0 Å². The van der Waals surface area contributed by atoms with Gasteiger partial charge in [-0.3, -0.25) is 18.6 Å². The number of methoxy groups -OCH3 is 1. The molecule has 1 aromatic carbocycles. The number of aryl methyl sites for hydroxylation is 1. The summed E-state index contributed by atoms with van der Waals surface area (Å²) >= 11 is 0. The summed E-state index contributed by atoms with van der Waals surface area (Å²) in [7, 11) is -3.05. The molecule has 1 aliphatic heterocycles. The van der Waals surface area contributed by atoms with Gasteiger partial charge in [-0.05, 0) is 59.2 Å². The van der Waals surface area contributed by atoms with Crippen molar-refractivity contribution in [2.75, 3.05) is 18.0 Å². The van der Waals surface area contributed by atoms with Gasteiger partial charge in [-0.2, -0.15) is 13.2 Å². The molecule has 0 saturated heterocycles. The van der Waals surface area contributed by atoms with Gasteiger partial charge in [0.25, 0.3) is 15.9 Å². The summed E-state index contributed by atoms with van der Waals surface area (Å²) in [5.41, 5.74) is -2.83. The quantitative estimate of drug-likeness (QED) is 0.397. The van der Waals surface area contributed by atoms with Crippen LogP contribution in [0.4, 0.5) is 18.9 Å². The van der Waals surface area contributed by atoms with Crippen molar-refractivity contribution in [2.45, 2.75) is 96.2 Å². The van der Waals surface area contributed by atoms with Crippen molar-refractivity contribution in [1.29, 1.82) is 0 Å². The Labute approximate surface area is 243 Å². The van der Waals surface area contributed by atoms with E-state index in [1.54, 1.807) is 27.7 Å². The van der Waals surface area contributed by atoms with E-state index in [1.807, 2.05) is 0 Å². The molecule has 0 aliphatic carbocycles. The van der Waals surface area contributed by atoms with Gasteiger partial charge >= 0.3 is 12.1 Å². The highest BCUT2D eigenvalue weighted by Gasteiger charge is 2.51. The lowest BCUT2D eigenvalue weighted by atomic mass is 9.95. The molecule has 0 radical (unpaired) electrons. The van der Waals surface area contributed by atoms with Crippen LogP contribution in [0.25, 0.3) is 0 Å². The van der Waals surface area contributed by atoms with Gasteiger partial charge < -0.3 is 19.5 Å². The molecule has 1 atom stereocenters. The number of carbonyl (C=O) groups is 2. The number of ether oxygens (including phenoxy) is 3. The standard InChI is InChI=1S/C27H37F3N4O7S/c1-9-33-16(2)23(24(32-33)39-8)42(37,38)34-15-19(14-25(4,5)31-17(3)35)40-21-11-10-18(12-20(21)34)13-22(36)41-26(6,7)27(28,29)30/h10-12,19H,9,13-15H2,1-8H3,(H,31,35)/t19-/m0/s1. The summed E-state index contributed by atoms with van der Waals surface area (Å²) in [4.78, 5) is 24.0. The van der Waals surface area contributed by atoms with E-state index in [9.17, 15) is 31.2 Å². The second-order valence-corrected chi connectivity index (χ2v) is 13.0. The zero-order chi connectivity index (χ0) is 31.8. The molecule has 1 N–H and O–H groups in total. The van der Waals surface area contributed by atoms with Crippen molar-refractivity contribution in [2.24, 2.45) is 0 Å². The van der Waals surface area contributed by atoms with E-state index >= 15 is 0 Å². The van der Waals surface area contributed by atoms with Gasteiger partial charge in [0.1, 0.15) is 11.9 Å². The summed E-state index contributed by atoms with van der Waals surface area (Å²) in [6.07, 6.45) is -5.79. The Morgan fingerprint density at radius 2 is 1.83 bits per heavy atom. The minimum Gasteiger partial charge on any atom is -0.486 e. The third kappa shape index (κ3) is 6.93. The number of amides is 1. The lowest BCUT2D eigenvalue weighted by Crippen LogP contribution is -2.50. The Bertz CT molecular complexity index is 1450. The van der Waals surface area contributed by atoms with Crippen LogP contribution in [0, 0.1) is 6.92 Å². The van der Waals surface area contributed by atoms with E-state index in [0.29, 0.717) is 12.2 Å². The lowest BCUT2D eigenvalue weighted by Gasteiger charge is -2.39. The van der Waals surface area contributed by atoms with E-state index in [0.717, 1.165) is 18.2 Å². The predicted molar refractivity (Wildman–Crippen MR) is 147 cm³/mol. The van der Waals surface area contributed by atoms with Gasteiger partial charge in [0.2, 0.25) is 11.5 Å². The van der Waals surface area contributed by atoms with Crippen LogP contribution in [0.5, 0.6) is 11.6 Å². The number of benzene rings is 1. The van der Waals surface area contributed by atoms with E-state index in [1.165, 1.54) is 36.9 Å². The number of hydrogen-bond donors (Lipinski definition) is 1. The van der Waals surface area contributed by atoms with Crippen LogP contribution < -0.4 is 19.1 Å². The molecule has 3 rings (SSSR count). The lowest BCUT2D eigenvalue weighted by molar-refractivity contribution is -0.257. The fraction of sp³-hybridized carbons (Fsp3) is 0.593. The van der Waals surface area contributed by atoms with Crippen LogP contribution in [0.3, 0.4) is 0 Å². The van der Waals surface area contributed by atoms with E-state index in [-0.39, 0.29) is 46.6 Å². The molecule has 42 heavy (non-hydrogen) atoms. The van der Waals surface area contributed by atoms with Crippen molar-refractivity contribution in [3.63, 3.8) is 0 Å². The maximum atomic E-state index is 14.3. The number of fused-ring (bicyclic) bond motifs is 1. The maximum Gasteiger partial charge on any atom is 0.427 e. The molecule has 0 unspecified atom stereocenters. The maximum absolute atomic E-state index is 14.3. The molecule has 0 spiro atoms. The summed E-state index contributed by atoms with van der Waals surface area (Å²) < 4.78 is 86.9. The highest BCUT2D eigenvalue weighted by molar-refractivity contribution is 7.93. The molecule has 1 aliphatic rings. The van der Waals surface area contributed by atoms with E-state index in [4.69, 9.17) is 9.47 Å². The molecule has 1 amide bonds. The Morgan fingerprint density at radius 3 is 2.38 bits per heavy atom. The zero-order valence-electron chi connectivity index (χ0n) is 24.9. The number of halogens is 3. The fourth-order valence-electron chi connectivity index (χ4n) is 4.79. The predicted octanol–water partition coefficient (Wildman–Crippen LogP) is 3.91. The molecule has 0 fully saturated rings. The van der Waals surface area contributed by atoms with E-state index in [2.05, 4.69) is 15.2 Å². The summed E-state index contributed by atoms with van der Waals surface area (Å²) in [6, 6.07) is 4.27. The molecule has 2 aromatic rings. The smallest absolute Gasteiger partial charge is 0.427 e. The van der Waals surface area contributed by atoms with Gasteiger partial charge in [-0.15, -0.1) is 5.10 Å². The Balaban J connectivity index is 2.07. The van der Waals surface area contributed by atoms with Gasteiger partial charge in [0.15, 0.2) is 4.90 Å². The molecular weight excluding hydrogens is 581 g/mol. The Morgan fingerprint density at radius 1 is 1.19 bits per heavy atom. The number of rotatable bonds is 10. The molecule has 0 saturated carbocycles. The molecule has 11 nitrogen and oxygen atoms in total. The first kappa shape index (κ1) is 33.0. The third-order valence-electron chi connectivity index (χ3n) is 6.77. The number of anilines is 1. The number of hydrogen-bond acceptors (Lipinski definition) is 8. The average Bonchev–Trinajstić information content (AvgIpc) is 3.17. The van der Waals surface area contributed by atoms with Gasteiger partial charge in [-0.25, -0.2) is 8.42 Å². The minimum absolute atomic E-state index is 0.0784. The molecule has 1 aromatic heterocycles. The zero-order valence-corrected chi connectivity index (χ0v) is 25.7. The molecule has 0 bridgehead atoms. The van der Waals surface area contributed by atoms with Gasteiger partial charge in [0, 0.05) is 25.4 Å². The number of alkyl halides is 3. The van der Waals surface area contributed by atoms with Crippen LogP contribution >= 0.6 is 0 Å². The summed E-state index contributed by atoms with van der Waals surface area (Å²) in [5.74, 6) is -1.34. The Hall–Kier alpha value is -3.49. The molecule has 15 heteroatoms. The van der Waals surface area contributed by atoms with Crippen LogP contribution in [0.1, 0.15) is 59.2 Å². The number of nitrogens with one attached hydrogen (secondary N) is 1. The summed E-state index contributed by atoms with van der Waals surface area (Å²) in [5, 5.41) is 7.06. The molecule has 2 heterocycles. The minimum atomic E-state index is -4.78. The third-order valence-corrected chi connectivity index (χ3v) is 8.68. The highest BCUT2D eigenvalue weighted by Crippen LogP contribution is 2.41. The largest absolute Gasteiger partial charge is 0.486 e. The first-order valence-corrected chi connectivity index (χ1v) is 14.7. The number of nitrogens with zero attached hydrogens (tertiary/aromatic N) is 3. The first-order chi connectivity index (χ1) is 19.2. The fourth-order valence-corrected chi connectivity index (χ4v) is 6.60. The average molecular weight is 619 g/mol. The van der Waals surface area contributed by atoms with Crippen LogP contribution in [-0.4, -0.2) is 67.1 Å².